The maximum Gasteiger partial charge on any atom is 0.224 e. The average Bonchev–Trinajstić information content (AvgIpc) is 2.16. The van der Waals surface area contributed by atoms with E-state index >= 15 is 0 Å². The molecule has 1 atom stereocenters. The van der Waals surface area contributed by atoms with Crippen LogP contribution >= 0.6 is 0 Å². The predicted octanol–water partition coefficient (Wildman–Crippen LogP) is 2.15. The van der Waals surface area contributed by atoms with E-state index in [1.54, 1.807) is 0 Å². The van der Waals surface area contributed by atoms with Gasteiger partial charge in [0.15, 0.2) is 0 Å². The number of carbonyl (C=O) groups excluding carboxylic acids is 1. The van der Waals surface area contributed by atoms with Gasteiger partial charge in [0.25, 0.3) is 0 Å². The number of hydrogen-bond acceptors (Lipinski definition) is 2. The zero-order valence-corrected chi connectivity index (χ0v) is 11.0. The molecule has 0 bridgehead atoms. The molecule has 1 rings (SSSR count). The average molecular weight is 226 g/mol. The lowest BCUT2D eigenvalue weighted by Gasteiger charge is -2.38. The van der Waals surface area contributed by atoms with Crippen LogP contribution in [0, 0.1) is 5.41 Å². The summed E-state index contributed by atoms with van der Waals surface area (Å²) in [7, 11) is 0. The minimum absolute atomic E-state index is 0.0440. The summed E-state index contributed by atoms with van der Waals surface area (Å²) in [5.41, 5.74) is 6.19. The zero-order chi connectivity index (χ0) is 12.2. The molecule has 1 fully saturated rings. The van der Waals surface area contributed by atoms with Crippen LogP contribution in [0.5, 0.6) is 0 Å². The Morgan fingerprint density at radius 2 is 2.19 bits per heavy atom. The van der Waals surface area contributed by atoms with Crippen molar-refractivity contribution >= 4 is 5.91 Å². The van der Waals surface area contributed by atoms with Gasteiger partial charge in [-0.25, -0.2) is 0 Å². The van der Waals surface area contributed by atoms with Crippen LogP contribution in [0.3, 0.4) is 0 Å². The Labute approximate surface area is 99.4 Å². The van der Waals surface area contributed by atoms with Gasteiger partial charge in [0, 0.05) is 25.6 Å². The minimum atomic E-state index is 0.0440. The molecule has 16 heavy (non-hydrogen) atoms. The smallest absolute Gasteiger partial charge is 0.224 e. The summed E-state index contributed by atoms with van der Waals surface area (Å²) in [6.07, 6.45) is 4.87. The van der Waals surface area contributed by atoms with Crippen LogP contribution in [0.2, 0.25) is 0 Å². The molecule has 0 saturated carbocycles. The number of rotatable bonds is 4. The Balaban J connectivity index is 2.41. The fourth-order valence-electron chi connectivity index (χ4n) is 2.46. The van der Waals surface area contributed by atoms with Crippen molar-refractivity contribution < 1.29 is 4.79 Å². The molecule has 1 unspecified atom stereocenters. The first kappa shape index (κ1) is 13.5. The summed E-state index contributed by atoms with van der Waals surface area (Å²) in [5, 5.41) is 0. The second-order valence-electron chi connectivity index (χ2n) is 5.84. The van der Waals surface area contributed by atoms with Crippen LogP contribution in [-0.4, -0.2) is 29.9 Å². The molecular weight excluding hydrogens is 200 g/mol. The number of likely N-dealkylation sites (tertiary alicyclic amines) is 1. The third-order valence-corrected chi connectivity index (χ3v) is 3.35. The molecule has 0 aromatic heterocycles. The highest BCUT2D eigenvalue weighted by molar-refractivity contribution is 5.77. The van der Waals surface area contributed by atoms with E-state index in [-0.39, 0.29) is 17.4 Å². The first-order valence-electron chi connectivity index (χ1n) is 6.48. The van der Waals surface area contributed by atoms with Crippen molar-refractivity contribution in [2.75, 3.05) is 13.1 Å². The topological polar surface area (TPSA) is 46.3 Å². The molecule has 0 aliphatic carbocycles. The van der Waals surface area contributed by atoms with Gasteiger partial charge in [0.05, 0.1) is 0 Å². The highest BCUT2D eigenvalue weighted by Crippen LogP contribution is 2.28. The molecule has 1 amide bonds. The highest BCUT2D eigenvalue weighted by Gasteiger charge is 2.29. The molecule has 2 N–H and O–H groups in total. The van der Waals surface area contributed by atoms with Crippen LogP contribution in [0.25, 0.3) is 0 Å². The second kappa shape index (κ2) is 5.67. The fraction of sp³-hybridized carbons (Fsp3) is 0.923. The molecule has 3 nitrogen and oxygen atoms in total. The summed E-state index contributed by atoms with van der Waals surface area (Å²) in [4.78, 5) is 14.0. The third kappa shape index (κ3) is 4.12. The molecule has 0 aromatic carbocycles. The van der Waals surface area contributed by atoms with Gasteiger partial charge in [-0.05, 0) is 24.7 Å². The van der Waals surface area contributed by atoms with Crippen molar-refractivity contribution in [1.29, 1.82) is 0 Å². The van der Waals surface area contributed by atoms with Gasteiger partial charge in [0.1, 0.15) is 0 Å². The Bertz CT molecular complexity index is 238. The summed E-state index contributed by atoms with van der Waals surface area (Å²) < 4.78 is 0. The Hall–Kier alpha value is -0.570. The molecule has 94 valence electrons. The SMILES string of the molecule is CCCC(N)CC(=O)N1CCCC(C)(C)C1. The van der Waals surface area contributed by atoms with E-state index in [9.17, 15) is 4.79 Å². The quantitative estimate of drug-likeness (QED) is 0.798. The van der Waals surface area contributed by atoms with Crippen molar-refractivity contribution in [3.05, 3.63) is 0 Å². The molecule has 1 heterocycles. The van der Waals surface area contributed by atoms with Crippen LogP contribution < -0.4 is 5.73 Å². The zero-order valence-electron chi connectivity index (χ0n) is 11.0. The molecule has 3 heteroatoms. The molecule has 0 spiro atoms. The molecule has 1 aliphatic heterocycles. The molecular formula is C13H26N2O. The van der Waals surface area contributed by atoms with E-state index in [1.807, 2.05) is 4.90 Å². The number of hydrogen-bond donors (Lipinski definition) is 1. The van der Waals surface area contributed by atoms with Gasteiger partial charge >= 0.3 is 0 Å². The normalized spacial score (nSPS) is 21.9. The summed E-state index contributed by atoms with van der Waals surface area (Å²) in [6.45, 7) is 8.39. The standard InChI is InChI=1S/C13H26N2O/c1-4-6-11(14)9-12(16)15-8-5-7-13(2,3)10-15/h11H,4-10,14H2,1-3H3. The van der Waals surface area contributed by atoms with Crippen LogP contribution in [0.4, 0.5) is 0 Å². The highest BCUT2D eigenvalue weighted by atomic mass is 16.2. The van der Waals surface area contributed by atoms with Crippen molar-refractivity contribution in [3.8, 4) is 0 Å². The number of nitrogens with two attached hydrogens (primary N) is 1. The van der Waals surface area contributed by atoms with Gasteiger partial charge in [0.2, 0.25) is 5.91 Å². The first-order valence-corrected chi connectivity index (χ1v) is 6.48. The van der Waals surface area contributed by atoms with Crippen molar-refractivity contribution in [2.45, 2.75) is 58.9 Å². The maximum absolute atomic E-state index is 12.0. The van der Waals surface area contributed by atoms with Crippen LogP contribution in [-0.2, 0) is 4.79 Å². The predicted molar refractivity (Wildman–Crippen MR) is 67.1 cm³/mol. The first-order chi connectivity index (χ1) is 7.44. The van der Waals surface area contributed by atoms with E-state index in [4.69, 9.17) is 5.73 Å². The Kier molecular flexibility index (Phi) is 4.78. The lowest BCUT2D eigenvalue weighted by molar-refractivity contribution is -0.134. The number of piperidine rings is 1. The van der Waals surface area contributed by atoms with Crippen LogP contribution in [0.1, 0.15) is 52.9 Å². The van der Waals surface area contributed by atoms with Gasteiger partial charge in [-0.15, -0.1) is 0 Å². The Morgan fingerprint density at radius 1 is 1.50 bits per heavy atom. The second-order valence-corrected chi connectivity index (χ2v) is 5.84. The molecule has 0 radical (unpaired) electrons. The molecule has 0 aromatic rings. The number of nitrogens with zero attached hydrogens (tertiary/aromatic N) is 1. The third-order valence-electron chi connectivity index (χ3n) is 3.35. The van der Waals surface area contributed by atoms with E-state index in [0.29, 0.717) is 6.42 Å². The van der Waals surface area contributed by atoms with Crippen molar-refractivity contribution in [1.82, 2.24) is 4.90 Å². The number of amides is 1. The van der Waals surface area contributed by atoms with E-state index in [1.165, 1.54) is 6.42 Å². The van der Waals surface area contributed by atoms with Gasteiger partial charge in [-0.3, -0.25) is 4.79 Å². The maximum atomic E-state index is 12.0. The van der Waals surface area contributed by atoms with Gasteiger partial charge in [-0.2, -0.15) is 0 Å². The summed E-state index contributed by atoms with van der Waals surface area (Å²) in [5.74, 6) is 0.244. The van der Waals surface area contributed by atoms with E-state index in [2.05, 4.69) is 20.8 Å². The largest absolute Gasteiger partial charge is 0.342 e. The molecule has 1 aliphatic rings. The Morgan fingerprint density at radius 3 is 2.75 bits per heavy atom. The molecule has 1 saturated heterocycles. The summed E-state index contributed by atoms with van der Waals surface area (Å²) >= 11 is 0. The van der Waals surface area contributed by atoms with E-state index in [0.717, 1.165) is 32.4 Å². The summed E-state index contributed by atoms with van der Waals surface area (Å²) in [6, 6.07) is 0.0440. The fourth-order valence-corrected chi connectivity index (χ4v) is 2.46. The van der Waals surface area contributed by atoms with Crippen molar-refractivity contribution in [3.63, 3.8) is 0 Å². The monoisotopic (exact) mass is 226 g/mol. The number of carbonyl (C=O) groups is 1. The lowest BCUT2D eigenvalue weighted by Crippen LogP contribution is -2.45. The van der Waals surface area contributed by atoms with E-state index < -0.39 is 0 Å². The lowest BCUT2D eigenvalue weighted by atomic mass is 9.84. The van der Waals surface area contributed by atoms with Crippen LogP contribution in [0.15, 0.2) is 0 Å². The van der Waals surface area contributed by atoms with Gasteiger partial charge < -0.3 is 10.6 Å². The van der Waals surface area contributed by atoms with Gasteiger partial charge in [-0.1, -0.05) is 27.2 Å². The van der Waals surface area contributed by atoms with Crippen molar-refractivity contribution in [2.24, 2.45) is 11.1 Å². The minimum Gasteiger partial charge on any atom is -0.342 e.